The summed E-state index contributed by atoms with van der Waals surface area (Å²) < 4.78 is 0. The normalized spacial score (nSPS) is 21.2. The van der Waals surface area contributed by atoms with Gasteiger partial charge in [-0.2, -0.15) is 0 Å². The quantitative estimate of drug-likeness (QED) is 0.627. The highest BCUT2D eigenvalue weighted by molar-refractivity contribution is 5.58. The van der Waals surface area contributed by atoms with E-state index in [-0.39, 0.29) is 0 Å². The summed E-state index contributed by atoms with van der Waals surface area (Å²) in [6.07, 6.45) is 0. The summed E-state index contributed by atoms with van der Waals surface area (Å²) in [6.45, 7) is 4.30. The van der Waals surface area contributed by atoms with E-state index in [1.54, 1.807) is 0 Å². The minimum Gasteiger partial charge on any atom is -0.311 e. The van der Waals surface area contributed by atoms with Crippen molar-refractivity contribution in [1.82, 2.24) is 5.43 Å². The van der Waals surface area contributed by atoms with E-state index in [4.69, 9.17) is 0 Å². The van der Waals surface area contributed by atoms with Crippen LogP contribution in [0.15, 0.2) is 18.2 Å². The predicted molar refractivity (Wildman–Crippen MR) is 51.1 cm³/mol. The van der Waals surface area contributed by atoms with Gasteiger partial charge < -0.3 is 5.01 Å². The van der Waals surface area contributed by atoms with Crippen molar-refractivity contribution in [2.45, 2.75) is 19.9 Å². The standard InChI is InChI=1S/C10H14N2/c1-7-4-5-9-8(2)11-12(3)10(9)6-7/h4-6,8,11H,1-3H3. The van der Waals surface area contributed by atoms with Gasteiger partial charge in [-0.25, -0.2) is 5.43 Å². The second-order valence-corrected chi connectivity index (χ2v) is 3.47. The van der Waals surface area contributed by atoms with E-state index in [2.05, 4.69) is 49.5 Å². The Morgan fingerprint density at radius 1 is 1.42 bits per heavy atom. The van der Waals surface area contributed by atoms with Crippen LogP contribution in [0.25, 0.3) is 0 Å². The van der Waals surface area contributed by atoms with Gasteiger partial charge in [0.1, 0.15) is 0 Å². The average molecular weight is 162 g/mol. The minimum absolute atomic E-state index is 0.450. The number of hydrogen-bond donors (Lipinski definition) is 1. The van der Waals surface area contributed by atoms with Crippen LogP contribution in [0.3, 0.4) is 0 Å². The number of benzene rings is 1. The van der Waals surface area contributed by atoms with Gasteiger partial charge >= 0.3 is 0 Å². The first kappa shape index (κ1) is 7.62. The Kier molecular flexibility index (Phi) is 1.58. The Hall–Kier alpha value is -1.02. The maximum Gasteiger partial charge on any atom is 0.0567 e. The zero-order valence-corrected chi connectivity index (χ0v) is 7.76. The van der Waals surface area contributed by atoms with Crippen LogP contribution in [-0.2, 0) is 0 Å². The number of aryl methyl sites for hydroxylation is 1. The number of fused-ring (bicyclic) bond motifs is 1. The van der Waals surface area contributed by atoms with Crippen LogP contribution >= 0.6 is 0 Å². The van der Waals surface area contributed by atoms with Gasteiger partial charge in [-0.1, -0.05) is 12.1 Å². The van der Waals surface area contributed by atoms with Crippen molar-refractivity contribution in [2.75, 3.05) is 12.1 Å². The third-order valence-corrected chi connectivity index (χ3v) is 2.40. The zero-order chi connectivity index (χ0) is 8.72. The molecule has 1 unspecified atom stereocenters. The first-order valence-corrected chi connectivity index (χ1v) is 4.29. The molecule has 1 aromatic carbocycles. The molecular weight excluding hydrogens is 148 g/mol. The van der Waals surface area contributed by atoms with E-state index in [0.29, 0.717) is 6.04 Å². The van der Waals surface area contributed by atoms with Crippen molar-refractivity contribution in [3.05, 3.63) is 29.3 Å². The summed E-state index contributed by atoms with van der Waals surface area (Å²) >= 11 is 0. The van der Waals surface area contributed by atoms with Crippen molar-refractivity contribution in [3.63, 3.8) is 0 Å². The lowest BCUT2D eigenvalue weighted by atomic mass is 10.1. The number of nitrogens with one attached hydrogen (secondary N) is 1. The Labute approximate surface area is 73.2 Å². The molecule has 1 heterocycles. The largest absolute Gasteiger partial charge is 0.311 e. The molecule has 0 fully saturated rings. The van der Waals surface area contributed by atoms with Gasteiger partial charge in [-0.05, 0) is 31.0 Å². The molecule has 12 heavy (non-hydrogen) atoms. The van der Waals surface area contributed by atoms with Crippen LogP contribution in [0.5, 0.6) is 0 Å². The molecule has 1 atom stereocenters. The topological polar surface area (TPSA) is 15.3 Å². The SMILES string of the molecule is Cc1ccc2c(c1)N(C)NC2C. The highest BCUT2D eigenvalue weighted by Gasteiger charge is 2.21. The molecule has 2 nitrogen and oxygen atoms in total. The van der Waals surface area contributed by atoms with Crippen LogP contribution in [0, 0.1) is 6.92 Å². The van der Waals surface area contributed by atoms with Gasteiger partial charge in [0.25, 0.3) is 0 Å². The molecule has 0 spiro atoms. The average Bonchev–Trinajstić information content (AvgIpc) is 2.28. The Balaban J connectivity index is 2.53. The first-order valence-electron chi connectivity index (χ1n) is 4.29. The molecule has 2 rings (SSSR count). The fraction of sp³-hybridized carbons (Fsp3) is 0.400. The second kappa shape index (κ2) is 2.49. The van der Waals surface area contributed by atoms with Crippen molar-refractivity contribution in [3.8, 4) is 0 Å². The van der Waals surface area contributed by atoms with Crippen LogP contribution in [0.2, 0.25) is 0 Å². The van der Waals surface area contributed by atoms with Crippen molar-refractivity contribution in [2.24, 2.45) is 0 Å². The molecule has 2 heteroatoms. The molecule has 0 amide bonds. The van der Waals surface area contributed by atoms with Gasteiger partial charge in [0, 0.05) is 7.05 Å². The van der Waals surface area contributed by atoms with Gasteiger partial charge in [0.15, 0.2) is 0 Å². The molecule has 0 saturated carbocycles. The summed E-state index contributed by atoms with van der Waals surface area (Å²) in [7, 11) is 2.06. The summed E-state index contributed by atoms with van der Waals surface area (Å²) in [5.74, 6) is 0. The molecular formula is C10H14N2. The highest BCUT2D eigenvalue weighted by atomic mass is 15.5. The Bertz CT molecular complexity index is 307. The van der Waals surface area contributed by atoms with E-state index in [1.807, 2.05) is 0 Å². The van der Waals surface area contributed by atoms with Crippen LogP contribution in [0.1, 0.15) is 24.1 Å². The number of anilines is 1. The summed E-state index contributed by atoms with van der Waals surface area (Å²) in [5.41, 5.74) is 7.36. The lowest BCUT2D eigenvalue weighted by molar-refractivity contribution is 0.616. The van der Waals surface area contributed by atoms with E-state index in [0.717, 1.165) is 0 Å². The first-order chi connectivity index (χ1) is 5.68. The highest BCUT2D eigenvalue weighted by Crippen LogP contribution is 2.31. The monoisotopic (exact) mass is 162 g/mol. The number of hydrogen-bond acceptors (Lipinski definition) is 2. The molecule has 0 bridgehead atoms. The lowest BCUT2D eigenvalue weighted by Crippen LogP contribution is -2.28. The van der Waals surface area contributed by atoms with Gasteiger partial charge in [0.2, 0.25) is 0 Å². The van der Waals surface area contributed by atoms with E-state index >= 15 is 0 Å². The minimum atomic E-state index is 0.450. The van der Waals surface area contributed by atoms with Crippen LogP contribution in [-0.4, -0.2) is 7.05 Å². The van der Waals surface area contributed by atoms with E-state index in [1.165, 1.54) is 16.8 Å². The number of hydrazine groups is 1. The fourth-order valence-electron chi connectivity index (χ4n) is 1.74. The zero-order valence-electron chi connectivity index (χ0n) is 7.76. The van der Waals surface area contributed by atoms with Crippen LogP contribution in [0.4, 0.5) is 5.69 Å². The molecule has 1 aliphatic heterocycles. The number of rotatable bonds is 0. The van der Waals surface area contributed by atoms with Crippen LogP contribution < -0.4 is 10.4 Å². The molecule has 0 aromatic heterocycles. The molecule has 0 saturated heterocycles. The van der Waals surface area contributed by atoms with Crippen molar-refractivity contribution >= 4 is 5.69 Å². The smallest absolute Gasteiger partial charge is 0.0567 e. The number of nitrogens with zero attached hydrogens (tertiary/aromatic N) is 1. The molecule has 0 aliphatic carbocycles. The Morgan fingerprint density at radius 3 is 2.92 bits per heavy atom. The Morgan fingerprint density at radius 2 is 2.17 bits per heavy atom. The molecule has 1 aromatic rings. The third kappa shape index (κ3) is 0.994. The summed E-state index contributed by atoms with van der Waals surface area (Å²) in [4.78, 5) is 0. The maximum absolute atomic E-state index is 3.34. The third-order valence-electron chi connectivity index (χ3n) is 2.40. The van der Waals surface area contributed by atoms with Gasteiger partial charge in [0.05, 0.1) is 11.7 Å². The molecule has 64 valence electrons. The van der Waals surface area contributed by atoms with Crippen molar-refractivity contribution in [1.29, 1.82) is 0 Å². The second-order valence-electron chi connectivity index (χ2n) is 3.47. The maximum atomic E-state index is 3.34. The predicted octanol–water partition coefficient (Wildman–Crippen LogP) is 2.01. The summed E-state index contributed by atoms with van der Waals surface area (Å²) in [5, 5.41) is 2.09. The summed E-state index contributed by atoms with van der Waals surface area (Å²) in [6, 6.07) is 7.03. The van der Waals surface area contributed by atoms with E-state index < -0.39 is 0 Å². The molecule has 1 N–H and O–H groups in total. The fourth-order valence-corrected chi connectivity index (χ4v) is 1.74. The van der Waals surface area contributed by atoms with Crippen molar-refractivity contribution < 1.29 is 0 Å². The lowest BCUT2D eigenvalue weighted by Gasteiger charge is -2.12. The van der Waals surface area contributed by atoms with Gasteiger partial charge in [-0.3, -0.25) is 0 Å². The van der Waals surface area contributed by atoms with E-state index in [9.17, 15) is 0 Å². The molecule has 0 radical (unpaired) electrons. The molecule has 1 aliphatic rings. The van der Waals surface area contributed by atoms with Gasteiger partial charge in [-0.15, -0.1) is 0 Å².